The van der Waals surface area contributed by atoms with Gasteiger partial charge in [-0.25, -0.2) is 0 Å². The number of hydrogen-bond acceptors (Lipinski definition) is 6. The molecule has 1 fully saturated rings. The predicted octanol–water partition coefficient (Wildman–Crippen LogP) is 5.10. The van der Waals surface area contributed by atoms with Crippen molar-refractivity contribution in [3.05, 3.63) is 35.9 Å². The highest BCUT2D eigenvalue weighted by atomic mass is 16.5. The number of carbonyl (C=O) groups is 4. The Kier molecular flexibility index (Phi) is 15.0. The second-order valence-corrected chi connectivity index (χ2v) is 13.0. The van der Waals surface area contributed by atoms with Crippen LogP contribution in [-0.4, -0.2) is 90.6 Å². The fourth-order valence-electron chi connectivity index (χ4n) is 6.52. The second-order valence-electron chi connectivity index (χ2n) is 13.0. The number of benzene rings is 1. The number of nitrogens with zero attached hydrogens (tertiary/aromatic N) is 2. The molecule has 2 amide bonds. The van der Waals surface area contributed by atoms with E-state index in [4.69, 9.17) is 9.47 Å². The Morgan fingerprint density at radius 2 is 1.61 bits per heavy atom. The van der Waals surface area contributed by atoms with E-state index in [0.29, 0.717) is 13.0 Å². The Labute approximate surface area is 264 Å². The number of carbonyl (C=O) groups excluding carboxylic acids is 3. The van der Waals surface area contributed by atoms with E-state index in [2.05, 4.69) is 13.8 Å². The zero-order chi connectivity index (χ0) is 33.1. The van der Waals surface area contributed by atoms with Crippen LogP contribution in [0.1, 0.15) is 79.2 Å². The van der Waals surface area contributed by atoms with Crippen molar-refractivity contribution in [1.82, 2.24) is 9.80 Å². The fraction of sp³-hybridized carbons (Fsp3) is 0.714. The molecule has 1 aliphatic rings. The Morgan fingerprint density at radius 1 is 0.977 bits per heavy atom. The second kappa shape index (κ2) is 17.6. The molecule has 248 valence electrons. The fourth-order valence-corrected chi connectivity index (χ4v) is 6.52. The summed E-state index contributed by atoms with van der Waals surface area (Å²) in [6.45, 7) is 12.5. The van der Waals surface area contributed by atoms with Crippen LogP contribution in [-0.2, 0) is 35.1 Å². The summed E-state index contributed by atoms with van der Waals surface area (Å²) in [7, 11) is 4.94. The van der Waals surface area contributed by atoms with Gasteiger partial charge in [-0.15, -0.1) is 0 Å². The van der Waals surface area contributed by atoms with E-state index in [1.165, 1.54) is 0 Å². The Hall–Kier alpha value is -2.78. The van der Waals surface area contributed by atoms with E-state index in [0.717, 1.165) is 18.4 Å². The van der Waals surface area contributed by atoms with Crippen LogP contribution in [0.2, 0.25) is 0 Å². The Balaban J connectivity index is 2.20. The molecule has 1 aromatic carbocycles. The van der Waals surface area contributed by atoms with Gasteiger partial charge in [0.15, 0.2) is 0 Å². The molecular formula is C35H56N2O7. The number of carboxylic acid groups (broad SMARTS) is 1. The lowest BCUT2D eigenvalue weighted by molar-refractivity contribution is -0.148. The zero-order valence-corrected chi connectivity index (χ0v) is 28.3. The van der Waals surface area contributed by atoms with Crippen LogP contribution >= 0.6 is 0 Å². The monoisotopic (exact) mass is 616 g/mol. The van der Waals surface area contributed by atoms with Gasteiger partial charge in [-0.1, -0.05) is 78.3 Å². The van der Waals surface area contributed by atoms with Gasteiger partial charge in [0.05, 0.1) is 36.6 Å². The lowest BCUT2D eigenvalue weighted by atomic mass is 9.85. The largest absolute Gasteiger partial charge is 0.481 e. The van der Waals surface area contributed by atoms with Crippen molar-refractivity contribution in [3.8, 4) is 0 Å². The van der Waals surface area contributed by atoms with E-state index in [-0.39, 0.29) is 66.7 Å². The molecule has 0 saturated carbocycles. The molecular weight excluding hydrogens is 560 g/mol. The smallest absolute Gasteiger partial charge is 0.307 e. The summed E-state index contributed by atoms with van der Waals surface area (Å²) >= 11 is 0. The van der Waals surface area contributed by atoms with Crippen LogP contribution in [0.4, 0.5) is 0 Å². The summed E-state index contributed by atoms with van der Waals surface area (Å²) in [6, 6.07) is 8.71. The van der Waals surface area contributed by atoms with E-state index in [1.807, 2.05) is 58.2 Å². The quantitative estimate of drug-likeness (QED) is 0.244. The first-order valence-corrected chi connectivity index (χ1v) is 16.2. The first kappa shape index (κ1) is 37.4. The first-order valence-electron chi connectivity index (χ1n) is 16.2. The third kappa shape index (κ3) is 9.61. The minimum absolute atomic E-state index is 0.0394. The van der Waals surface area contributed by atoms with Crippen LogP contribution in [0.3, 0.4) is 0 Å². The van der Waals surface area contributed by atoms with Gasteiger partial charge in [0.1, 0.15) is 5.78 Å². The molecule has 1 heterocycles. The summed E-state index contributed by atoms with van der Waals surface area (Å²) in [4.78, 5) is 56.3. The molecule has 9 heteroatoms. The van der Waals surface area contributed by atoms with Crippen molar-refractivity contribution in [2.24, 2.45) is 29.6 Å². The number of ketones is 1. The van der Waals surface area contributed by atoms with E-state index in [9.17, 15) is 24.3 Å². The molecule has 9 nitrogen and oxygen atoms in total. The van der Waals surface area contributed by atoms with Crippen LogP contribution in [0.25, 0.3) is 0 Å². The van der Waals surface area contributed by atoms with Gasteiger partial charge in [-0.3, -0.25) is 19.2 Å². The number of likely N-dealkylation sites (N-methyl/N-ethyl adjacent to an activating group) is 1. The van der Waals surface area contributed by atoms with Crippen molar-refractivity contribution in [3.63, 3.8) is 0 Å². The van der Waals surface area contributed by atoms with Crippen LogP contribution in [0.5, 0.6) is 0 Å². The normalized spacial score (nSPS) is 20.0. The highest BCUT2D eigenvalue weighted by molar-refractivity contribution is 5.86. The summed E-state index contributed by atoms with van der Waals surface area (Å²) in [5.41, 5.74) is 0.866. The molecule has 0 aliphatic carbocycles. The molecule has 44 heavy (non-hydrogen) atoms. The molecule has 0 aromatic heterocycles. The molecule has 0 bridgehead atoms. The van der Waals surface area contributed by atoms with Gasteiger partial charge in [0.2, 0.25) is 11.8 Å². The van der Waals surface area contributed by atoms with Crippen LogP contribution < -0.4 is 0 Å². The molecule has 0 unspecified atom stereocenters. The topological polar surface area (TPSA) is 113 Å². The van der Waals surface area contributed by atoms with Gasteiger partial charge >= 0.3 is 5.97 Å². The summed E-state index contributed by atoms with van der Waals surface area (Å²) in [5.74, 6) is -2.55. The van der Waals surface area contributed by atoms with Gasteiger partial charge in [-0.05, 0) is 36.7 Å². The molecule has 2 rings (SSSR count). The Bertz CT molecular complexity index is 1080. The van der Waals surface area contributed by atoms with Crippen molar-refractivity contribution in [1.29, 1.82) is 0 Å². The number of Topliss-reactive ketones (excluding diaryl/α,β-unsaturated/α-hetero) is 1. The van der Waals surface area contributed by atoms with Crippen molar-refractivity contribution in [2.75, 3.05) is 27.8 Å². The molecule has 1 aromatic rings. The number of rotatable bonds is 18. The highest BCUT2D eigenvalue weighted by Crippen LogP contribution is 2.31. The zero-order valence-electron chi connectivity index (χ0n) is 28.3. The SMILES string of the molecule is CC[C@H](C)[C@@H]([C@@H](CC(=O)N1CCC[C@H]1[C@H](OC)[C@@H](C)C(=O)C[C@@H](Cc1ccccc1)C(=O)O)OC)N(C)C(=O)[C@@H](C)C(C)C. The minimum Gasteiger partial charge on any atom is -0.481 e. The number of ether oxygens (including phenoxy) is 2. The highest BCUT2D eigenvalue weighted by Gasteiger charge is 2.42. The molecule has 1 saturated heterocycles. The standard InChI is InChI=1S/C35H56N2O7/c1-10-23(4)32(36(7)34(40)24(5)22(2)3)30(43-8)21-31(39)37-18-14-17-28(37)33(44-9)25(6)29(38)20-27(35(41)42)19-26-15-12-11-13-16-26/h11-13,15-16,22-25,27-28,30,32-33H,10,14,17-21H2,1-9H3,(H,41,42)/t23-,24-,25-,27+,28-,30+,32-,33+/m0/s1. The number of methoxy groups -OCH3 is 2. The number of likely N-dealkylation sites (tertiary alicyclic amines) is 1. The van der Waals surface area contributed by atoms with Crippen molar-refractivity contribution < 1.29 is 33.8 Å². The van der Waals surface area contributed by atoms with Gasteiger partial charge in [0, 0.05) is 46.1 Å². The van der Waals surface area contributed by atoms with Gasteiger partial charge in [0.25, 0.3) is 0 Å². The molecule has 1 N–H and O–H groups in total. The number of aliphatic carboxylic acids is 1. The van der Waals surface area contributed by atoms with E-state index in [1.54, 1.807) is 30.9 Å². The van der Waals surface area contributed by atoms with Gasteiger partial charge < -0.3 is 24.4 Å². The first-order chi connectivity index (χ1) is 20.8. The van der Waals surface area contributed by atoms with Crippen molar-refractivity contribution in [2.45, 2.75) is 104 Å². The maximum Gasteiger partial charge on any atom is 0.307 e. The van der Waals surface area contributed by atoms with E-state index >= 15 is 0 Å². The molecule has 8 atom stereocenters. The maximum absolute atomic E-state index is 13.9. The van der Waals surface area contributed by atoms with Crippen LogP contribution in [0, 0.1) is 29.6 Å². The lowest BCUT2D eigenvalue weighted by Gasteiger charge is -2.40. The maximum atomic E-state index is 13.9. The van der Waals surface area contributed by atoms with Crippen molar-refractivity contribution >= 4 is 23.6 Å². The molecule has 1 aliphatic heterocycles. The van der Waals surface area contributed by atoms with Gasteiger partial charge in [-0.2, -0.15) is 0 Å². The summed E-state index contributed by atoms with van der Waals surface area (Å²) in [6.07, 6.45) is 1.49. The lowest BCUT2D eigenvalue weighted by Crippen LogP contribution is -2.53. The predicted molar refractivity (Wildman–Crippen MR) is 171 cm³/mol. The number of hydrogen-bond donors (Lipinski definition) is 1. The third-order valence-corrected chi connectivity index (χ3v) is 9.86. The molecule has 0 radical (unpaired) electrons. The van der Waals surface area contributed by atoms with Crippen LogP contribution in [0.15, 0.2) is 30.3 Å². The summed E-state index contributed by atoms with van der Waals surface area (Å²) in [5, 5.41) is 9.85. The Morgan fingerprint density at radius 3 is 2.14 bits per heavy atom. The summed E-state index contributed by atoms with van der Waals surface area (Å²) < 4.78 is 11.8. The number of carboxylic acids is 1. The average molecular weight is 617 g/mol. The third-order valence-electron chi connectivity index (χ3n) is 9.86. The average Bonchev–Trinajstić information content (AvgIpc) is 3.49. The molecule has 0 spiro atoms. The van der Waals surface area contributed by atoms with E-state index < -0.39 is 30.0 Å². The minimum atomic E-state index is -1.01. The number of amides is 2.